The van der Waals surface area contributed by atoms with Crippen LogP contribution in [0.15, 0.2) is 30.5 Å². The number of halogens is 1. The zero-order chi connectivity index (χ0) is 19.3. The molecule has 0 unspecified atom stereocenters. The number of pyridine rings is 1. The third-order valence-electron chi connectivity index (χ3n) is 3.92. The van der Waals surface area contributed by atoms with Crippen molar-refractivity contribution in [3.05, 3.63) is 47.4 Å². The van der Waals surface area contributed by atoms with Crippen LogP contribution < -0.4 is 15.8 Å². The number of amides is 1. The lowest BCUT2D eigenvalue weighted by molar-refractivity contribution is -0.120. The first kappa shape index (κ1) is 19.8. The van der Waals surface area contributed by atoms with Crippen molar-refractivity contribution in [2.75, 3.05) is 13.7 Å². The van der Waals surface area contributed by atoms with Gasteiger partial charge in [0.1, 0.15) is 5.82 Å². The molecule has 26 heavy (non-hydrogen) atoms. The Labute approximate surface area is 157 Å². The maximum Gasteiger partial charge on any atom is 0.224 e. The van der Waals surface area contributed by atoms with Crippen LogP contribution >= 0.6 is 12.2 Å². The molecule has 5 nitrogen and oxygen atoms in total. The summed E-state index contributed by atoms with van der Waals surface area (Å²) in [7, 11) is 1.52. The van der Waals surface area contributed by atoms with Crippen LogP contribution in [0.2, 0.25) is 0 Å². The van der Waals surface area contributed by atoms with Crippen molar-refractivity contribution in [1.29, 1.82) is 0 Å². The van der Waals surface area contributed by atoms with Crippen LogP contribution in [-0.4, -0.2) is 29.5 Å². The monoisotopic (exact) mass is 375 g/mol. The number of nitrogens with one attached hydrogen (secondary N) is 1. The number of hydrogen-bond donors (Lipinski definition) is 2. The lowest BCUT2D eigenvalue weighted by atomic mass is 9.88. The van der Waals surface area contributed by atoms with E-state index in [4.69, 9.17) is 22.7 Å². The first-order valence-electron chi connectivity index (χ1n) is 8.19. The zero-order valence-corrected chi connectivity index (χ0v) is 15.8. The van der Waals surface area contributed by atoms with E-state index in [-0.39, 0.29) is 35.6 Å². The molecule has 0 saturated carbocycles. The topological polar surface area (TPSA) is 77.2 Å². The van der Waals surface area contributed by atoms with Gasteiger partial charge in [-0.3, -0.25) is 4.79 Å². The van der Waals surface area contributed by atoms with Crippen LogP contribution in [0.4, 0.5) is 4.39 Å². The summed E-state index contributed by atoms with van der Waals surface area (Å²) in [5.74, 6) is -0.117. The fourth-order valence-corrected chi connectivity index (χ4v) is 2.80. The first-order valence-corrected chi connectivity index (χ1v) is 8.60. The average molecular weight is 375 g/mol. The van der Waals surface area contributed by atoms with Crippen molar-refractivity contribution in [1.82, 2.24) is 10.3 Å². The highest BCUT2D eigenvalue weighted by Crippen LogP contribution is 2.33. The van der Waals surface area contributed by atoms with Gasteiger partial charge in [0.15, 0.2) is 0 Å². The highest BCUT2D eigenvalue weighted by atomic mass is 32.1. The third kappa shape index (κ3) is 4.98. The van der Waals surface area contributed by atoms with Gasteiger partial charge in [0.2, 0.25) is 11.8 Å². The van der Waals surface area contributed by atoms with E-state index in [0.29, 0.717) is 11.4 Å². The first-order chi connectivity index (χ1) is 12.3. The van der Waals surface area contributed by atoms with E-state index < -0.39 is 0 Å². The summed E-state index contributed by atoms with van der Waals surface area (Å²) in [5.41, 5.74) is 8.34. The van der Waals surface area contributed by atoms with Gasteiger partial charge in [0.25, 0.3) is 0 Å². The molecule has 7 heteroatoms. The molecule has 2 rings (SSSR count). The molecule has 0 atom stereocenters. The second-order valence-electron chi connectivity index (χ2n) is 6.18. The molecule has 0 fully saturated rings. The van der Waals surface area contributed by atoms with Gasteiger partial charge in [0, 0.05) is 12.3 Å². The van der Waals surface area contributed by atoms with Crippen molar-refractivity contribution in [3.8, 4) is 17.0 Å². The maximum absolute atomic E-state index is 14.2. The van der Waals surface area contributed by atoms with Crippen LogP contribution in [0.5, 0.6) is 5.88 Å². The number of nitrogens with two attached hydrogens (primary N) is 1. The quantitative estimate of drug-likeness (QED) is 0.728. The molecule has 0 radical (unpaired) electrons. The van der Waals surface area contributed by atoms with Crippen molar-refractivity contribution in [3.63, 3.8) is 0 Å². The smallest absolute Gasteiger partial charge is 0.224 e. The molecule has 0 saturated heterocycles. The van der Waals surface area contributed by atoms with Gasteiger partial charge in [-0.2, -0.15) is 0 Å². The summed E-state index contributed by atoms with van der Waals surface area (Å²) >= 11 is 4.79. The Kier molecular flexibility index (Phi) is 6.63. The number of nitrogens with zero attached hydrogens (tertiary/aromatic N) is 1. The summed E-state index contributed by atoms with van der Waals surface area (Å²) in [5, 5.41) is 2.68. The van der Waals surface area contributed by atoms with E-state index in [1.165, 1.54) is 19.2 Å². The second-order valence-corrected chi connectivity index (χ2v) is 6.71. The summed E-state index contributed by atoms with van der Waals surface area (Å²) in [6, 6.07) is 6.38. The molecule has 138 valence electrons. The van der Waals surface area contributed by atoms with E-state index in [1.54, 1.807) is 18.3 Å². The number of carbonyl (C=O) groups excluding carboxylic acids is 1. The van der Waals surface area contributed by atoms with Gasteiger partial charge in [-0.25, -0.2) is 9.37 Å². The van der Waals surface area contributed by atoms with Gasteiger partial charge >= 0.3 is 0 Å². The predicted octanol–water partition coefficient (Wildman–Crippen LogP) is 2.96. The van der Waals surface area contributed by atoms with Crippen molar-refractivity contribution < 1.29 is 13.9 Å². The van der Waals surface area contributed by atoms with Gasteiger partial charge in [0.05, 0.1) is 25.1 Å². The fraction of sp³-hybridized carbons (Fsp3) is 0.316. The predicted molar refractivity (Wildman–Crippen MR) is 104 cm³/mol. The Bertz CT molecular complexity index is 824. The Morgan fingerprint density at radius 2 is 2.12 bits per heavy atom. The number of ether oxygens (including phenoxy) is 1. The standard InChI is InChI=1S/C19H22FN3O2S/c1-11(2)14-7-13(20)8-15(12-4-5-22-19(6-12)25-3)16(14)9-18(24)23-10-17(21)26/h4-8,11H,9-10H2,1-3H3,(H2,21,26)(H,23,24). The van der Waals surface area contributed by atoms with E-state index in [9.17, 15) is 9.18 Å². The van der Waals surface area contributed by atoms with Crippen molar-refractivity contribution in [2.24, 2.45) is 5.73 Å². The third-order valence-corrected chi connectivity index (χ3v) is 4.07. The SMILES string of the molecule is COc1cc(-c2cc(F)cc(C(C)C)c2CC(=O)NCC(N)=S)ccn1. The number of methoxy groups -OCH3 is 1. The molecular formula is C19H22FN3O2S. The molecule has 0 aliphatic carbocycles. The molecule has 1 amide bonds. The second kappa shape index (κ2) is 8.71. The minimum absolute atomic E-state index is 0.0477. The Balaban J connectivity index is 2.52. The lowest BCUT2D eigenvalue weighted by Gasteiger charge is -2.18. The van der Waals surface area contributed by atoms with E-state index in [1.807, 2.05) is 13.8 Å². The Hall–Kier alpha value is -2.54. The molecule has 1 aromatic heterocycles. The average Bonchev–Trinajstić information content (AvgIpc) is 2.60. The molecule has 1 aromatic carbocycles. The van der Waals surface area contributed by atoms with E-state index >= 15 is 0 Å². The molecule has 3 N–H and O–H groups in total. The number of aromatic nitrogens is 1. The maximum atomic E-state index is 14.2. The zero-order valence-electron chi connectivity index (χ0n) is 15.0. The normalized spacial score (nSPS) is 10.7. The lowest BCUT2D eigenvalue weighted by Crippen LogP contribution is -2.33. The number of hydrogen-bond acceptors (Lipinski definition) is 4. The van der Waals surface area contributed by atoms with Crippen molar-refractivity contribution >= 4 is 23.1 Å². The fourth-order valence-electron chi connectivity index (χ4n) is 2.73. The number of carbonyl (C=O) groups is 1. The highest BCUT2D eigenvalue weighted by molar-refractivity contribution is 7.80. The molecule has 0 aliphatic heterocycles. The van der Waals surface area contributed by atoms with Crippen LogP contribution in [0.25, 0.3) is 11.1 Å². The summed E-state index contributed by atoms with van der Waals surface area (Å²) in [6.45, 7) is 4.05. The summed E-state index contributed by atoms with van der Waals surface area (Å²) in [4.78, 5) is 16.6. The van der Waals surface area contributed by atoms with E-state index in [2.05, 4.69) is 10.3 Å². The van der Waals surface area contributed by atoms with Crippen LogP contribution in [0, 0.1) is 5.82 Å². The summed E-state index contributed by atoms with van der Waals surface area (Å²) in [6.07, 6.45) is 1.68. The minimum Gasteiger partial charge on any atom is -0.481 e. The highest BCUT2D eigenvalue weighted by Gasteiger charge is 2.18. The number of thiocarbonyl (C=S) groups is 1. The molecular weight excluding hydrogens is 353 g/mol. The molecule has 0 bridgehead atoms. The summed E-state index contributed by atoms with van der Waals surface area (Å²) < 4.78 is 19.4. The number of rotatable bonds is 7. The molecule has 0 aliphatic rings. The molecule has 1 heterocycles. The minimum atomic E-state index is -0.355. The Morgan fingerprint density at radius 3 is 2.73 bits per heavy atom. The van der Waals surface area contributed by atoms with Gasteiger partial charge < -0.3 is 15.8 Å². The van der Waals surface area contributed by atoms with Crippen molar-refractivity contribution in [2.45, 2.75) is 26.2 Å². The largest absolute Gasteiger partial charge is 0.481 e. The Morgan fingerprint density at radius 1 is 1.38 bits per heavy atom. The van der Waals surface area contributed by atoms with Crippen LogP contribution in [0.1, 0.15) is 30.9 Å². The van der Waals surface area contributed by atoms with Crippen LogP contribution in [0.3, 0.4) is 0 Å². The van der Waals surface area contributed by atoms with Gasteiger partial charge in [-0.1, -0.05) is 26.1 Å². The van der Waals surface area contributed by atoms with E-state index in [0.717, 1.165) is 16.7 Å². The molecule has 0 spiro atoms. The van der Waals surface area contributed by atoms with Crippen LogP contribution in [-0.2, 0) is 11.2 Å². The molecule has 2 aromatic rings. The van der Waals surface area contributed by atoms with Gasteiger partial charge in [-0.15, -0.1) is 0 Å². The number of benzene rings is 1. The van der Waals surface area contributed by atoms with Gasteiger partial charge in [-0.05, 0) is 46.4 Å².